The van der Waals surface area contributed by atoms with Crippen LogP contribution in [0.1, 0.15) is 85.2 Å². The predicted molar refractivity (Wildman–Crippen MR) is 141 cm³/mol. The molecular weight excluding hydrogens is 484 g/mol. The smallest absolute Gasteiger partial charge is 0.184 e. The number of likely N-dealkylation sites (N-methyl/N-ethyl adjacent to an activating group) is 1. The first kappa shape index (κ1) is 22.9. The molecule has 4 aromatic rings. The van der Waals surface area contributed by atoms with Crippen molar-refractivity contribution < 1.29 is 4.52 Å². The van der Waals surface area contributed by atoms with Crippen LogP contribution in [0, 0.1) is 11.3 Å². The first-order valence-electron chi connectivity index (χ1n) is 13.2. The fraction of sp³-hybridized carbons (Fsp3) is 0.519. The molecule has 0 bridgehead atoms. The van der Waals surface area contributed by atoms with E-state index in [-0.39, 0.29) is 11.5 Å². The predicted octanol–water partition coefficient (Wildman–Crippen LogP) is 4.78. The molecule has 0 saturated carbocycles. The highest BCUT2D eigenvalue weighted by Gasteiger charge is 2.52. The molecule has 0 unspecified atom stereocenters. The molecule has 1 spiro atoms. The van der Waals surface area contributed by atoms with Crippen LogP contribution in [-0.2, 0) is 11.8 Å². The highest BCUT2D eigenvalue weighted by atomic mass is 32.1. The number of fused-ring (bicyclic) bond motifs is 5. The SMILES string of the molecule is C[C@H]1C[C@@]2(CCCc3c(-c4ncc5cnn([C@@H](C)[C@@H]6CCCN6C)c5n4)noc32)c2c1sc(N)c2C#N. The zero-order valence-corrected chi connectivity index (χ0v) is 22.2. The van der Waals surface area contributed by atoms with Gasteiger partial charge in [0.1, 0.15) is 11.1 Å². The molecule has 2 N–H and O–H groups in total. The molecule has 190 valence electrons. The Hall–Kier alpha value is -3.29. The van der Waals surface area contributed by atoms with Crippen LogP contribution in [0.25, 0.3) is 22.6 Å². The summed E-state index contributed by atoms with van der Waals surface area (Å²) in [5, 5.41) is 20.7. The van der Waals surface area contributed by atoms with Crippen molar-refractivity contribution in [3.05, 3.63) is 39.7 Å². The average Bonchev–Trinajstić information content (AvgIpc) is 3.69. The van der Waals surface area contributed by atoms with E-state index in [1.165, 1.54) is 11.3 Å². The third-order valence-corrected chi connectivity index (χ3v) is 10.2. The third-order valence-electron chi connectivity index (χ3n) is 8.97. The van der Waals surface area contributed by atoms with Gasteiger partial charge in [-0.05, 0) is 65.0 Å². The largest absolute Gasteiger partial charge is 0.389 e. The topological polar surface area (TPSA) is 123 Å². The lowest BCUT2D eigenvalue weighted by Crippen LogP contribution is -2.33. The van der Waals surface area contributed by atoms with E-state index in [0.717, 1.165) is 66.6 Å². The molecule has 7 rings (SSSR count). The molecule has 3 aliphatic rings. The lowest BCUT2D eigenvalue weighted by atomic mass is 9.69. The molecule has 37 heavy (non-hydrogen) atoms. The molecule has 4 atom stereocenters. The van der Waals surface area contributed by atoms with Crippen LogP contribution in [-0.4, -0.2) is 49.4 Å². The number of hydrogen-bond acceptors (Lipinski definition) is 9. The molecule has 1 aliphatic heterocycles. The average molecular weight is 515 g/mol. The summed E-state index contributed by atoms with van der Waals surface area (Å²) in [6.07, 6.45) is 9.73. The van der Waals surface area contributed by atoms with E-state index >= 15 is 0 Å². The van der Waals surface area contributed by atoms with E-state index in [0.29, 0.717) is 34.0 Å². The van der Waals surface area contributed by atoms with E-state index in [1.54, 1.807) is 11.3 Å². The Balaban J connectivity index is 1.33. The monoisotopic (exact) mass is 514 g/mol. The number of anilines is 1. The van der Waals surface area contributed by atoms with E-state index in [1.807, 2.05) is 17.1 Å². The number of rotatable bonds is 3. The summed E-state index contributed by atoms with van der Waals surface area (Å²) in [7, 11) is 2.19. The lowest BCUT2D eigenvalue weighted by Gasteiger charge is -2.32. The molecule has 4 aromatic heterocycles. The molecule has 9 nitrogen and oxygen atoms in total. The Labute approximate surface area is 219 Å². The van der Waals surface area contributed by atoms with Gasteiger partial charge in [-0.25, -0.2) is 14.6 Å². The van der Waals surface area contributed by atoms with Crippen molar-refractivity contribution >= 4 is 27.4 Å². The molecule has 0 radical (unpaired) electrons. The summed E-state index contributed by atoms with van der Waals surface area (Å²) in [4.78, 5) is 13.3. The maximum Gasteiger partial charge on any atom is 0.184 e. The fourth-order valence-electron chi connectivity index (χ4n) is 7.28. The minimum atomic E-state index is -0.361. The van der Waals surface area contributed by atoms with Gasteiger partial charge in [0.15, 0.2) is 22.9 Å². The summed E-state index contributed by atoms with van der Waals surface area (Å²) < 4.78 is 8.20. The zero-order valence-electron chi connectivity index (χ0n) is 21.4. The molecular formula is C27H30N8OS. The molecule has 2 aliphatic carbocycles. The first-order valence-corrected chi connectivity index (χ1v) is 14.0. The Morgan fingerprint density at radius 3 is 2.97 bits per heavy atom. The minimum absolute atomic E-state index is 0.203. The van der Waals surface area contributed by atoms with Crippen LogP contribution in [0.3, 0.4) is 0 Å². The van der Waals surface area contributed by atoms with Crippen molar-refractivity contribution in [2.45, 2.75) is 75.8 Å². The second kappa shape index (κ2) is 8.10. The number of likely N-dealkylation sites (tertiary alicyclic amines) is 1. The van der Waals surface area contributed by atoms with Gasteiger partial charge in [0, 0.05) is 28.2 Å². The van der Waals surface area contributed by atoms with Crippen LogP contribution in [0.2, 0.25) is 0 Å². The summed E-state index contributed by atoms with van der Waals surface area (Å²) >= 11 is 1.55. The summed E-state index contributed by atoms with van der Waals surface area (Å²) in [6.45, 7) is 5.56. The molecule has 1 saturated heterocycles. The van der Waals surface area contributed by atoms with Gasteiger partial charge in [0.05, 0.1) is 28.6 Å². The summed E-state index contributed by atoms with van der Waals surface area (Å²) in [6, 6.07) is 3.02. The second-order valence-electron chi connectivity index (χ2n) is 11.1. The maximum absolute atomic E-state index is 9.95. The van der Waals surface area contributed by atoms with Gasteiger partial charge in [-0.3, -0.25) is 0 Å². The van der Waals surface area contributed by atoms with Gasteiger partial charge < -0.3 is 15.2 Å². The number of nitrogens with two attached hydrogens (primary N) is 1. The Morgan fingerprint density at radius 2 is 2.19 bits per heavy atom. The highest BCUT2D eigenvalue weighted by Crippen LogP contribution is 2.60. The standard InChI is InChI=1S/C27H30N8OS/c1-14-10-27(20-18(11-28)24(29)37-22(14)20)8-4-6-17-21(33-36-23(17)27)25-30-12-16-13-31-35(26(16)32-25)15(2)19-7-5-9-34(19)3/h12-15,19H,4-10,29H2,1-3H3/t14-,15-,19-,27-/m0/s1. The van der Waals surface area contributed by atoms with Gasteiger partial charge >= 0.3 is 0 Å². The molecule has 0 aromatic carbocycles. The van der Waals surface area contributed by atoms with Crippen molar-refractivity contribution in [1.82, 2.24) is 29.8 Å². The Kier molecular flexibility index (Phi) is 5.01. The highest BCUT2D eigenvalue weighted by molar-refractivity contribution is 7.16. The van der Waals surface area contributed by atoms with Gasteiger partial charge in [-0.2, -0.15) is 10.4 Å². The number of aromatic nitrogens is 5. The second-order valence-corrected chi connectivity index (χ2v) is 12.1. The fourth-order valence-corrected chi connectivity index (χ4v) is 8.45. The Bertz CT molecular complexity index is 1580. The number of nitrogen functional groups attached to an aromatic ring is 1. The number of thiophene rings is 1. The molecule has 5 heterocycles. The van der Waals surface area contributed by atoms with Gasteiger partial charge in [0.2, 0.25) is 0 Å². The van der Waals surface area contributed by atoms with Crippen molar-refractivity contribution in [1.29, 1.82) is 5.26 Å². The van der Waals surface area contributed by atoms with Crippen LogP contribution in [0.4, 0.5) is 5.00 Å². The molecule has 0 amide bonds. The minimum Gasteiger partial charge on any atom is -0.389 e. The number of nitriles is 1. The van der Waals surface area contributed by atoms with Crippen LogP contribution in [0.5, 0.6) is 0 Å². The van der Waals surface area contributed by atoms with Crippen molar-refractivity contribution in [3.63, 3.8) is 0 Å². The van der Waals surface area contributed by atoms with Gasteiger partial charge in [-0.1, -0.05) is 12.1 Å². The van der Waals surface area contributed by atoms with Crippen molar-refractivity contribution in [2.75, 3.05) is 19.3 Å². The van der Waals surface area contributed by atoms with Gasteiger partial charge in [0.25, 0.3) is 0 Å². The molecule has 1 fully saturated rings. The third kappa shape index (κ3) is 3.10. The first-order chi connectivity index (χ1) is 17.9. The number of hydrogen-bond donors (Lipinski definition) is 1. The van der Waals surface area contributed by atoms with Crippen LogP contribution < -0.4 is 5.73 Å². The van der Waals surface area contributed by atoms with Crippen LogP contribution >= 0.6 is 11.3 Å². The zero-order chi connectivity index (χ0) is 25.5. The quantitative estimate of drug-likeness (QED) is 0.414. The summed E-state index contributed by atoms with van der Waals surface area (Å²) in [5.41, 5.74) is 10.2. The lowest BCUT2D eigenvalue weighted by molar-refractivity contribution is 0.232. The van der Waals surface area contributed by atoms with E-state index in [9.17, 15) is 5.26 Å². The Morgan fingerprint density at radius 1 is 1.32 bits per heavy atom. The maximum atomic E-state index is 9.95. The van der Waals surface area contributed by atoms with Crippen molar-refractivity contribution in [3.8, 4) is 17.6 Å². The van der Waals surface area contributed by atoms with E-state index < -0.39 is 0 Å². The van der Waals surface area contributed by atoms with E-state index in [4.69, 9.17) is 20.3 Å². The normalized spacial score (nSPS) is 26.0. The van der Waals surface area contributed by atoms with E-state index in [2.05, 4.69) is 42.0 Å². The van der Waals surface area contributed by atoms with Crippen LogP contribution in [0.15, 0.2) is 16.9 Å². The molecule has 10 heteroatoms. The van der Waals surface area contributed by atoms with Gasteiger partial charge in [-0.15, -0.1) is 11.3 Å². The number of nitrogens with zero attached hydrogens (tertiary/aromatic N) is 7. The summed E-state index contributed by atoms with van der Waals surface area (Å²) in [5.74, 6) is 1.76. The van der Waals surface area contributed by atoms with Crippen molar-refractivity contribution in [2.24, 2.45) is 0 Å².